The third-order valence-corrected chi connectivity index (χ3v) is 4.29. The standard InChI is InChI=1S/C15H32N2O/c1-14(2,12-16)8-6-7-11-17(3)13-15(18)9-4-5-10-15/h18H,4-13,16H2,1-3H3. The van der Waals surface area contributed by atoms with Gasteiger partial charge in [-0.05, 0) is 51.2 Å². The van der Waals surface area contributed by atoms with Crippen LogP contribution in [0.3, 0.4) is 0 Å². The van der Waals surface area contributed by atoms with Crippen molar-refractivity contribution < 1.29 is 5.11 Å². The van der Waals surface area contributed by atoms with Crippen LogP contribution in [0.25, 0.3) is 0 Å². The van der Waals surface area contributed by atoms with Crippen molar-refractivity contribution in [2.75, 3.05) is 26.7 Å². The predicted molar refractivity (Wildman–Crippen MR) is 77.6 cm³/mol. The number of aliphatic hydroxyl groups is 1. The maximum absolute atomic E-state index is 10.3. The fourth-order valence-electron chi connectivity index (χ4n) is 2.86. The summed E-state index contributed by atoms with van der Waals surface area (Å²) in [5, 5.41) is 10.3. The molecule has 1 aliphatic rings. The highest BCUT2D eigenvalue weighted by Gasteiger charge is 2.31. The maximum atomic E-state index is 10.3. The molecule has 108 valence electrons. The molecule has 3 N–H and O–H groups in total. The van der Waals surface area contributed by atoms with Crippen LogP contribution in [-0.2, 0) is 0 Å². The third-order valence-electron chi connectivity index (χ3n) is 4.29. The minimum absolute atomic E-state index is 0.280. The first-order valence-corrected chi connectivity index (χ1v) is 7.48. The predicted octanol–water partition coefficient (Wildman–Crippen LogP) is 2.38. The molecule has 1 rings (SSSR count). The van der Waals surface area contributed by atoms with Gasteiger partial charge in [0.2, 0.25) is 0 Å². The van der Waals surface area contributed by atoms with Crippen molar-refractivity contribution >= 4 is 0 Å². The van der Waals surface area contributed by atoms with Crippen LogP contribution < -0.4 is 5.73 Å². The van der Waals surface area contributed by atoms with Crippen molar-refractivity contribution in [3.63, 3.8) is 0 Å². The topological polar surface area (TPSA) is 49.5 Å². The molecule has 1 saturated carbocycles. The van der Waals surface area contributed by atoms with E-state index < -0.39 is 5.60 Å². The van der Waals surface area contributed by atoms with Crippen molar-refractivity contribution in [2.45, 2.75) is 64.4 Å². The molecule has 3 heteroatoms. The van der Waals surface area contributed by atoms with Crippen LogP contribution in [0.15, 0.2) is 0 Å². The average molecular weight is 256 g/mol. The van der Waals surface area contributed by atoms with E-state index in [2.05, 4.69) is 25.8 Å². The summed E-state index contributed by atoms with van der Waals surface area (Å²) in [6, 6.07) is 0. The quantitative estimate of drug-likeness (QED) is 0.656. The summed E-state index contributed by atoms with van der Waals surface area (Å²) in [7, 11) is 2.13. The molecule has 0 amide bonds. The minimum atomic E-state index is -0.398. The number of rotatable bonds is 8. The van der Waals surface area contributed by atoms with E-state index in [4.69, 9.17) is 5.73 Å². The molecule has 1 fully saturated rings. The molecule has 1 aliphatic carbocycles. The molecular weight excluding hydrogens is 224 g/mol. The minimum Gasteiger partial charge on any atom is -0.389 e. The lowest BCUT2D eigenvalue weighted by molar-refractivity contribution is 0.0159. The fourth-order valence-corrected chi connectivity index (χ4v) is 2.86. The van der Waals surface area contributed by atoms with Gasteiger partial charge in [0.15, 0.2) is 0 Å². The summed E-state index contributed by atoms with van der Waals surface area (Å²) in [5.41, 5.74) is 5.61. The van der Waals surface area contributed by atoms with E-state index in [0.717, 1.165) is 32.5 Å². The first kappa shape index (κ1) is 15.9. The number of nitrogens with zero attached hydrogens (tertiary/aromatic N) is 1. The van der Waals surface area contributed by atoms with Crippen molar-refractivity contribution in [2.24, 2.45) is 11.1 Å². The fraction of sp³-hybridized carbons (Fsp3) is 1.00. The maximum Gasteiger partial charge on any atom is 0.0774 e. The van der Waals surface area contributed by atoms with Crippen molar-refractivity contribution in [1.82, 2.24) is 4.90 Å². The van der Waals surface area contributed by atoms with E-state index in [9.17, 15) is 5.11 Å². The lowest BCUT2D eigenvalue weighted by Crippen LogP contribution is -2.39. The lowest BCUT2D eigenvalue weighted by Gasteiger charge is -2.29. The number of likely N-dealkylation sites (N-methyl/N-ethyl adjacent to an activating group) is 1. The molecule has 0 saturated heterocycles. The van der Waals surface area contributed by atoms with E-state index in [-0.39, 0.29) is 5.41 Å². The highest BCUT2D eigenvalue weighted by Crippen LogP contribution is 2.30. The largest absolute Gasteiger partial charge is 0.389 e. The van der Waals surface area contributed by atoms with Gasteiger partial charge < -0.3 is 15.7 Å². The Kier molecular flexibility index (Phi) is 6.09. The summed E-state index contributed by atoms with van der Waals surface area (Å²) < 4.78 is 0. The van der Waals surface area contributed by atoms with E-state index in [1.807, 2.05) is 0 Å². The molecule has 0 bridgehead atoms. The van der Waals surface area contributed by atoms with E-state index in [1.54, 1.807) is 0 Å². The van der Waals surface area contributed by atoms with E-state index in [0.29, 0.717) is 0 Å². The molecular formula is C15H32N2O. The number of unbranched alkanes of at least 4 members (excludes halogenated alkanes) is 1. The Hall–Kier alpha value is -0.120. The number of hydrogen-bond donors (Lipinski definition) is 2. The second-order valence-electron chi connectivity index (χ2n) is 6.99. The molecule has 18 heavy (non-hydrogen) atoms. The zero-order valence-corrected chi connectivity index (χ0v) is 12.5. The zero-order valence-electron chi connectivity index (χ0n) is 12.5. The Morgan fingerprint density at radius 2 is 1.83 bits per heavy atom. The molecule has 0 aromatic rings. The van der Waals surface area contributed by atoms with Gasteiger partial charge in [0, 0.05) is 6.54 Å². The van der Waals surface area contributed by atoms with Crippen LogP contribution in [0, 0.1) is 5.41 Å². The highest BCUT2D eigenvalue weighted by molar-refractivity contribution is 4.86. The normalized spacial score (nSPS) is 19.7. The average Bonchev–Trinajstić information content (AvgIpc) is 2.71. The molecule has 0 aromatic heterocycles. The molecule has 0 aromatic carbocycles. The van der Waals surface area contributed by atoms with Gasteiger partial charge in [0.1, 0.15) is 0 Å². The molecule has 0 heterocycles. The van der Waals surface area contributed by atoms with Gasteiger partial charge >= 0.3 is 0 Å². The smallest absolute Gasteiger partial charge is 0.0774 e. The third kappa shape index (κ3) is 5.68. The van der Waals surface area contributed by atoms with Gasteiger partial charge in [-0.2, -0.15) is 0 Å². The molecule has 0 atom stereocenters. The zero-order chi connectivity index (χ0) is 13.6. The van der Waals surface area contributed by atoms with E-state index >= 15 is 0 Å². The van der Waals surface area contributed by atoms with Gasteiger partial charge in [-0.25, -0.2) is 0 Å². The Balaban J connectivity index is 2.12. The van der Waals surface area contributed by atoms with Gasteiger partial charge in [0.05, 0.1) is 5.60 Å². The van der Waals surface area contributed by atoms with Gasteiger partial charge in [-0.15, -0.1) is 0 Å². The summed E-state index contributed by atoms with van der Waals surface area (Å²) >= 11 is 0. The lowest BCUT2D eigenvalue weighted by atomic mass is 9.87. The number of hydrogen-bond acceptors (Lipinski definition) is 3. The second-order valence-corrected chi connectivity index (χ2v) is 6.99. The Labute approximate surface area is 113 Å². The van der Waals surface area contributed by atoms with Crippen molar-refractivity contribution in [3.8, 4) is 0 Å². The summed E-state index contributed by atoms with van der Waals surface area (Å²) in [5.74, 6) is 0. The molecule has 3 nitrogen and oxygen atoms in total. The SMILES string of the molecule is CN(CCCCC(C)(C)CN)CC1(O)CCCC1. The van der Waals surface area contributed by atoms with Crippen LogP contribution in [0.2, 0.25) is 0 Å². The van der Waals surface area contributed by atoms with Crippen LogP contribution >= 0.6 is 0 Å². The Morgan fingerprint density at radius 1 is 1.22 bits per heavy atom. The van der Waals surface area contributed by atoms with Crippen LogP contribution in [0.5, 0.6) is 0 Å². The highest BCUT2D eigenvalue weighted by atomic mass is 16.3. The molecule has 0 spiro atoms. The van der Waals surface area contributed by atoms with Gasteiger partial charge in [-0.3, -0.25) is 0 Å². The second kappa shape index (κ2) is 6.88. The monoisotopic (exact) mass is 256 g/mol. The van der Waals surface area contributed by atoms with Gasteiger partial charge in [-0.1, -0.05) is 33.1 Å². The Bertz CT molecular complexity index is 235. The van der Waals surface area contributed by atoms with E-state index in [1.165, 1.54) is 32.1 Å². The number of nitrogens with two attached hydrogens (primary N) is 1. The van der Waals surface area contributed by atoms with Crippen molar-refractivity contribution in [3.05, 3.63) is 0 Å². The Morgan fingerprint density at radius 3 is 2.39 bits per heavy atom. The first-order chi connectivity index (χ1) is 8.37. The van der Waals surface area contributed by atoms with Gasteiger partial charge in [0.25, 0.3) is 0 Å². The van der Waals surface area contributed by atoms with Crippen molar-refractivity contribution in [1.29, 1.82) is 0 Å². The summed E-state index contributed by atoms with van der Waals surface area (Å²) in [6.07, 6.45) is 7.98. The molecule has 0 radical (unpaired) electrons. The molecule has 0 aliphatic heterocycles. The van der Waals surface area contributed by atoms with Crippen LogP contribution in [-0.4, -0.2) is 42.3 Å². The summed E-state index contributed by atoms with van der Waals surface area (Å²) in [6.45, 7) is 7.16. The van der Waals surface area contributed by atoms with Crippen LogP contribution in [0.4, 0.5) is 0 Å². The van der Waals surface area contributed by atoms with Crippen LogP contribution in [0.1, 0.15) is 58.8 Å². The first-order valence-electron chi connectivity index (χ1n) is 7.48. The summed E-state index contributed by atoms with van der Waals surface area (Å²) in [4.78, 5) is 2.29. The molecule has 0 unspecified atom stereocenters.